The van der Waals surface area contributed by atoms with Crippen LogP contribution in [0.25, 0.3) is 0 Å². The maximum absolute atomic E-state index is 13.5. The van der Waals surface area contributed by atoms with Crippen molar-refractivity contribution in [1.82, 2.24) is 0 Å². The third kappa shape index (κ3) is 4.24. The third-order valence-electron chi connectivity index (χ3n) is 3.30. The van der Waals surface area contributed by atoms with Crippen molar-refractivity contribution >= 4 is 61.0 Å². The van der Waals surface area contributed by atoms with Gasteiger partial charge in [-0.1, -0.05) is 15.9 Å². The summed E-state index contributed by atoms with van der Waals surface area (Å²) in [5.74, 6) is 0. The Kier molecular flexibility index (Phi) is 5.85. The fourth-order valence-electron chi connectivity index (χ4n) is 2.22. The Balaban J connectivity index is 2.92. The van der Waals surface area contributed by atoms with Crippen molar-refractivity contribution in [1.29, 1.82) is 0 Å². The molecule has 0 saturated heterocycles. The van der Waals surface area contributed by atoms with Gasteiger partial charge in [0.05, 0.1) is 27.2 Å². The molecule has 27 heavy (non-hydrogen) atoms. The second-order valence-electron chi connectivity index (χ2n) is 4.94. The molecule has 0 aliphatic carbocycles. The summed E-state index contributed by atoms with van der Waals surface area (Å²) in [6, 6.07) is 4.57. The molecule has 0 bridgehead atoms. The highest BCUT2D eigenvalue weighted by Crippen LogP contribution is 2.47. The minimum Gasteiger partial charge on any atom is -0.278 e. The first-order chi connectivity index (χ1) is 12.5. The van der Waals surface area contributed by atoms with Crippen molar-refractivity contribution in [2.75, 3.05) is 4.90 Å². The van der Waals surface area contributed by atoms with Gasteiger partial charge >= 0.3 is 11.9 Å². The van der Waals surface area contributed by atoms with Crippen molar-refractivity contribution in [3.63, 3.8) is 0 Å². The van der Waals surface area contributed by atoms with E-state index in [1.807, 2.05) is 0 Å². The molecule has 0 aromatic heterocycles. The zero-order valence-corrected chi connectivity index (χ0v) is 15.9. The number of hydrogen-bond donors (Lipinski definition) is 0. The third-order valence-corrected chi connectivity index (χ3v) is 4.43. The number of anilines is 2. The largest absolute Gasteiger partial charge is 0.418 e. The molecule has 0 heterocycles. The van der Waals surface area contributed by atoms with Crippen molar-refractivity contribution in [2.45, 2.75) is 6.18 Å². The van der Waals surface area contributed by atoms with E-state index >= 15 is 0 Å². The second kappa shape index (κ2) is 7.60. The molecule has 2 aromatic rings. The van der Waals surface area contributed by atoms with Crippen LogP contribution < -0.4 is 4.90 Å². The first-order valence-electron chi connectivity index (χ1n) is 6.71. The summed E-state index contributed by atoms with van der Waals surface area (Å²) in [6.45, 7) is 0. The van der Waals surface area contributed by atoms with E-state index in [1.54, 1.807) is 0 Å². The van der Waals surface area contributed by atoms with E-state index in [2.05, 4.69) is 31.9 Å². The lowest BCUT2D eigenvalue weighted by Gasteiger charge is -2.22. The highest BCUT2D eigenvalue weighted by atomic mass is 79.9. The number of rotatable bonds is 5. The molecule has 13 heteroatoms. The average molecular weight is 513 g/mol. The zero-order chi connectivity index (χ0) is 20.5. The minimum absolute atomic E-state index is 0.0442. The van der Waals surface area contributed by atoms with Crippen LogP contribution in [0.1, 0.15) is 5.56 Å². The summed E-state index contributed by atoms with van der Waals surface area (Å²) in [4.78, 5) is 31.8. The number of hydrogen-bond acceptors (Lipinski definition) is 5. The molecule has 0 atom stereocenters. The van der Waals surface area contributed by atoms with Gasteiger partial charge in [0, 0.05) is 15.0 Å². The first-order valence-corrected chi connectivity index (χ1v) is 8.29. The number of benzene rings is 2. The van der Waals surface area contributed by atoms with Crippen molar-refractivity contribution in [3.8, 4) is 0 Å². The SMILES string of the molecule is O=CN(c1ccc(Br)cc1Br)c1c([N+](=O)[O-])cc([N+](=O)[O-])cc1C(F)(F)F. The molecular formula is C14H6Br2F3N3O5. The summed E-state index contributed by atoms with van der Waals surface area (Å²) < 4.78 is 41.2. The quantitative estimate of drug-likeness (QED) is 0.305. The summed E-state index contributed by atoms with van der Waals surface area (Å²) in [6.07, 6.45) is -5.24. The van der Waals surface area contributed by atoms with E-state index in [0.717, 1.165) is 0 Å². The fourth-order valence-corrected chi connectivity index (χ4v) is 3.46. The standard InChI is InChI=1S/C14H6Br2F3N3O5/c15-7-1-2-11(10(16)3-7)20(6-23)13-9(14(17,18)19)4-8(21(24)25)5-12(13)22(26)27/h1-6H. The molecule has 0 aliphatic heterocycles. The van der Waals surface area contributed by atoms with E-state index in [1.165, 1.54) is 18.2 Å². The number of nitro benzene ring substituents is 2. The zero-order valence-electron chi connectivity index (χ0n) is 12.7. The molecular weight excluding hydrogens is 507 g/mol. The Labute approximate surface area is 165 Å². The highest BCUT2D eigenvalue weighted by Gasteiger charge is 2.42. The summed E-state index contributed by atoms with van der Waals surface area (Å²) >= 11 is 6.20. The van der Waals surface area contributed by atoms with Gasteiger partial charge in [-0.05, 0) is 34.1 Å². The second-order valence-corrected chi connectivity index (χ2v) is 6.71. The molecule has 0 saturated carbocycles. The fraction of sp³-hybridized carbons (Fsp3) is 0.0714. The molecule has 0 N–H and O–H groups in total. The maximum Gasteiger partial charge on any atom is 0.418 e. The molecule has 0 unspecified atom stereocenters. The normalized spacial score (nSPS) is 11.1. The Hall–Kier alpha value is -2.54. The van der Waals surface area contributed by atoms with E-state index in [-0.39, 0.29) is 22.6 Å². The summed E-state index contributed by atoms with van der Waals surface area (Å²) in [5, 5.41) is 22.2. The minimum atomic E-state index is -5.20. The Morgan fingerprint density at radius 3 is 2.11 bits per heavy atom. The number of alkyl halides is 3. The maximum atomic E-state index is 13.5. The summed E-state index contributed by atoms with van der Waals surface area (Å²) in [5.41, 5.74) is -5.31. The first kappa shape index (κ1) is 20.8. The number of halogens is 5. The van der Waals surface area contributed by atoms with Gasteiger partial charge in [-0.25, -0.2) is 0 Å². The molecule has 0 aliphatic rings. The van der Waals surface area contributed by atoms with Gasteiger partial charge in [0.25, 0.3) is 5.69 Å². The average Bonchev–Trinajstić information content (AvgIpc) is 2.55. The van der Waals surface area contributed by atoms with Crippen LogP contribution in [-0.4, -0.2) is 16.3 Å². The Morgan fingerprint density at radius 1 is 1.04 bits per heavy atom. The van der Waals surface area contributed by atoms with Gasteiger partial charge in [0.15, 0.2) is 0 Å². The van der Waals surface area contributed by atoms with E-state index in [4.69, 9.17) is 0 Å². The molecule has 0 spiro atoms. The lowest BCUT2D eigenvalue weighted by atomic mass is 10.1. The topological polar surface area (TPSA) is 107 Å². The van der Waals surface area contributed by atoms with Crippen molar-refractivity contribution < 1.29 is 27.8 Å². The highest BCUT2D eigenvalue weighted by molar-refractivity contribution is 9.11. The molecule has 2 rings (SSSR count). The van der Waals surface area contributed by atoms with Gasteiger partial charge in [0.1, 0.15) is 5.69 Å². The predicted molar refractivity (Wildman–Crippen MR) is 94.8 cm³/mol. The van der Waals surface area contributed by atoms with Crippen molar-refractivity contribution in [3.05, 3.63) is 65.1 Å². The molecule has 8 nitrogen and oxygen atoms in total. The van der Waals surface area contributed by atoms with Crippen LogP contribution in [0.3, 0.4) is 0 Å². The molecule has 1 amide bonds. The van der Waals surface area contributed by atoms with Crippen LogP contribution in [-0.2, 0) is 11.0 Å². The molecule has 2 aromatic carbocycles. The predicted octanol–water partition coefficient (Wildman–Crippen LogP) is 5.34. The Morgan fingerprint density at radius 2 is 1.67 bits per heavy atom. The molecule has 0 radical (unpaired) electrons. The van der Waals surface area contributed by atoms with Crippen LogP contribution in [0.5, 0.6) is 0 Å². The summed E-state index contributed by atoms with van der Waals surface area (Å²) in [7, 11) is 0. The van der Waals surface area contributed by atoms with Crippen LogP contribution in [0.15, 0.2) is 39.3 Å². The molecule has 142 valence electrons. The van der Waals surface area contributed by atoms with E-state index in [9.17, 15) is 38.2 Å². The lowest BCUT2D eigenvalue weighted by molar-refractivity contribution is -0.394. The van der Waals surface area contributed by atoms with Gasteiger partial charge in [-0.15, -0.1) is 0 Å². The van der Waals surface area contributed by atoms with Gasteiger partial charge in [-0.3, -0.25) is 29.9 Å². The van der Waals surface area contributed by atoms with Gasteiger partial charge in [-0.2, -0.15) is 13.2 Å². The Bertz CT molecular complexity index is 952. The number of nitro groups is 2. The van der Waals surface area contributed by atoms with Gasteiger partial charge in [0.2, 0.25) is 6.41 Å². The van der Waals surface area contributed by atoms with Crippen molar-refractivity contribution in [2.24, 2.45) is 0 Å². The lowest BCUT2D eigenvalue weighted by Crippen LogP contribution is -2.21. The number of amides is 1. The van der Waals surface area contributed by atoms with Crippen LogP contribution in [0.2, 0.25) is 0 Å². The van der Waals surface area contributed by atoms with E-state index < -0.39 is 38.6 Å². The van der Waals surface area contributed by atoms with Crippen LogP contribution in [0, 0.1) is 20.2 Å². The number of carbonyl (C=O) groups is 1. The van der Waals surface area contributed by atoms with Crippen LogP contribution in [0.4, 0.5) is 35.9 Å². The van der Waals surface area contributed by atoms with E-state index in [0.29, 0.717) is 15.4 Å². The monoisotopic (exact) mass is 511 g/mol. The number of nitrogens with zero attached hydrogens (tertiary/aromatic N) is 3. The van der Waals surface area contributed by atoms with Crippen LogP contribution >= 0.6 is 31.9 Å². The number of non-ortho nitro benzene ring substituents is 1. The van der Waals surface area contributed by atoms with Gasteiger partial charge < -0.3 is 0 Å². The smallest absolute Gasteiger partial charge is 0.278 e. The number of carbonyl (C=O) groups excluding carboxylic acids is 1. The molecule has 0 fully saturated rings.